The maximum Gasteiger partial charge on any atom is 0.127 e. The van der Waals surface area contributed by atoms with Gasteiger partial charge in [-0.1, -0.05) is 12.1 Å². The first-order valence-corrected chi connectivity index (χ1v) is 6.16. The molecule has 2 heterocycles. The number of nitrogens with zero attached hydrogens (tertiary/aromatic N) is 1. The van der Waals surface area contributed by atoms with Crippen LogP contribution in [0.5, 0.6) is 0 Å². The molecule has 1 fully saturated rings. The molecule has 1 aromatic heterocycles. The Kier molecular flexibility index (Phi) is 2.42. The number of imidazole rings is 1. The van der Waals surface area contributed by atoms with E-state index in [4.69, 9.17) is 10.7 Å². The van der Waals surface area contributed by atoms with E-state index in [-0.39, 0.29) is 5.54 Å². The van der Waals surface area contributed by atoms with Gasteiger partial charge in [-0.05, 0) is 37.9 Å². The van der Waals surface area contributed by atoms with Gasteiger partial charge in [-0.3, -0.25) is 0 Å². The molecule has 1 unspecified atom stereocenters. The molecule has 4 nitrogen and oxygen atoms in total. The number of nitrogens with one attached hydrogen (secondary N) is 2. The molecule has 2 aromatic rings. The molecule has 0 saturated carbocycles. The Hall–Kier alpha value is -1.39. The number of hydrogen-bond donors (Lipinski definition) is 3. The van der Waals surface area contributed by atoms with Gasteiger partial charge in [0.15, 0.2) is 0 Å². The number of H-pyrrole nitrogens is 1. The maximum atomic E-state index is 5.74. The predicted molar refractivity (Wildman–Crippen MR) is 68.6 cm³/mol. The van der Waals surface area contributed by atoms with Gasteiger partial charge in [-0.2, -0.15) is 0 Å². The van der Waals surface area contributed by atoms with Gasteiger partial charge >= 0.3 is 0 Å². The highest BCUT2D eigenvalue weighted by Gasteiger charge is 2.33. The van der Waals surface area contributed by atoms with Gasteiger partial charge in [0.2, 0.25) is 0 Å². The molecule has 0 spiro atoms. The Bertz CT molecular complexity index is 537. The van der Waals surface area contributed by atoms with Crippen molar-refractivity contribution in [2.75, 3.05) is 6.54 Å². The number of fused-ring (bicyclic) bond motifs is 1. The lowest BCUT2D eigenvalue weighted by Crippen LogP contribution is -2.34. The zero-order valence-corrected chi connectivity index (χ0v) is 10.1. The third kappa shape index (κ3) is 1.64. The average molecular weight is 230 g/mol. The molecule has 1 aliphatic heterocycles. The second-order valence-corrected chi connectivity index (χ2v) is 4.97. The summed E-state index contributed by atoms with van der Waals surface area (Å²) in [7, 11) is 0. The maximum absolute atomic E-state index is 5.74. The Labute approximate surface area is 101 Å². The number of hydrogen-bond acceptors (Lipinski definition) is 3. The molecule has 3 rings (SSSR count). The van der Waals surface area contributed by atoms with Crippen LogP contribution in [0.3, 0.4) is 0 Å². The first kappa shape index (κ1) is 10.7. The molecule has 1 aromatic carbocycles. The van der Waals surface area contributed by atoms with Gasteiger partial charge < -0.3 is 16.0 Å². The van der Waals surface area contributed by atoms with Gasteiger partial charge in [0, 0.05) is 6.54 Å². The molecule has 1 aliphatic rings. The van der Waals surface area contributed by atoms with Crippen LogP contribution in [0.4, 0.5) is 0 Å². The smallest absolute Gasteiger partial charge is 0.127 e. The fraction of sp³-hybridized carbons (Fsp3) is 0.462. The summed E-state index contributed by atoms with van der Waals surface area (Å²) in [6.07, 6.45) is 2.34. The van der Waals surface area contributed by atoms with Crippen molar-refractivity contribution in [1.29, 1.82) is 0 Å². The lowest BCUT2D eigenvalue weighted by molar-refractivity contribution is 0.412. The molecule has 17 heavy (non-hydrogen) atoms. The Morgan fingerprint density at radius 2 is 2.35 bits per heavy atom. The lowest BCUT2D eigenvalue weighted by Gasteiger charge is -2.21. The van der Waals surface area contributed by atoms with E-state index in [1.807, 2.05) is 12.1 Å². The van der Waals surface area contributed by atoms with Gasteiger partial charge in [-0.25, -0.2) is 4.98 Å². The molecule has 0 radical (unpaired) electrons. The Balaban J connectivity index is 2.13. The molecular formula is C13H18N4. The van der Waals surface area contributed by atoms with Crippen molar-refractivity contribution >= 4 is 11.0 Å². The van der Waals surface area contributed by atoms with Crippen LogP contribution in [-0.2, 0) is 12.1 Å². The fourth-order valence-electron chi connectivity index (χ4n) is 2.61. The third-order valence-electron chi connectivity index (χ3n) is 3.71. The molecule has 1 atom stereocenters. The summed E-state index contributed by atoms with van der Waals surface area (Å²) in [5.74, 6) is 1.03. The first-order chi connectivity index (χ1) is 8.23. The highest BCUT2D eigenvalue weighted by Crippen LogP contribution is 2.30. The highest BCUT2D eigenvalue weighted by atomic mass is 15.1. The molecule has 0 aliphatic carbocycles. The summed E-state index contributed by atoms with van der Waals surface area (Å²) in [6.45, 7) is 3.81. The van der Waals surface area contributed by atoms with Crippen molar-refractivity contribution in [3.05, 3.63) is 29.6 Å². The van der Waals surface area contributed by atoms with E-state index in [9.17, 15) is 0 Å². The Morgan fingerprint density at radius 3 is 3.06 bits per heavy atom. The quantitative estimate of drug-likeness (QED) is 0.734. The van der Waals surface area contributed by atoms with Crippen molar-refractivity contribution in [3.63, 3.8) is 0 Å². The predicted octanol–water partition coefficient (Wildman–Crippen LogP) is 1.62. The topological polar surface area (TPSA) is 66.7 Å². The number of aromatic nitrogens is 2. The van der Waals surface area contributed by atoms with Crippen LogP contribution in [-0.4, -0.2) is 16.5 Å². The molecule has 90 valence electrons. The normalized spacial score (nSPS) is 24.6. The van der Waals surface area contributed by atoms with Crippen molar-refractivity contribution < 1.29 is 0 Å². The van der Waals surface area contributed by atoms with Crippen LogP contribution in [0.1, 0.15) is 31.2 Å². The van der Waals surface area contributed by atoms with Crippen LogP contribution in [0.25, 0.3) is 11.0 Å². The number of nitrogens with two attached hydrogens (primary N) is 1. The highest BCUT2D eigenvalue weighted by molar-refractivity contribution is 5.79. The summed E-state index contributed by atoms with van der Waals surface area (Å²) in [6, 6.07) is 6.12. The van der Waals surface area contributed by atoms with E-state index >= 15 is 0 Å². The minimum atomic E-state index is -0.00904. The van der Waals surface area contributed by atoms with Crippen LogP contribution in [0.2, 0.25) is 0 Å². The van der Waals surface area contributed by atoms with Crippen molar-refractivity contribution in [2.45, 2.75) is 31.8 Å². The SMILES string of the molecule is CC1(c2nc3c(CN)cccc3[nH]2)CCCN1. The van der Waals surface area contributed by atoms with Gasteiger partial charge in [0.05, 0.1) is 16.6 Å². The van der Waals surface area contributed by atoms with Crippen LogP contribution >= 0.6 is 0 Å². The summed E-state index contributed by atoms with van der Waals surface area (Å²) in [4.78, 5) is 8.16. The molecule has 4 heteroatoms. The van der Waals surface area contributed by atoms with E-state index in [1.165, 1.54) is 6.42 Å². The van der Waals surface area contributed by atoms with E-state index in [0.29, 0.717) is 6.54 Å². The van der Waals surface area contributed by atoms with Gasteiger partial charge in [0.25, 0.3) is 0 Å². The summed E-state index contributed by atoms with van der Waals surface area (Å²) >= 11 is 0. The van der Waals surface area contributed by atoms with Crippen LogP contribution in [0.15, 0.2) is 18.2 Å². The zero-order chi connectivity index (χ0) is 11.9. The second-order valence-electron chi connectivity index (χ2n) is 4.97. The summed E-state index contributed by atoms with van der Waals surface area (Å²) in [5.41, 5.74) is 8.93. The van der Waals surface area contributed by atoms with E-state index in [1.54, 1.807) is 0 Å². The molecular weight excluding hydrogens is 212 g/mol. The number of rotatable bonds is 2. The molecule has 0 bridgehead atoms. The van der Waals surface area contributed by atoms with Crippen LogP contribution < -0.4 is 11.1 Å². The van der Waals surface area contributed by atoms with Crippen molar-refractivity contribution in [3.8, 4) is 0 Å². The third-order valence-corrected chi connectivity index (χ3v) is 3.71. The number of benzene rings is 1. The van der Waals surface area contributed by atoms with Gasteiger partial charge in [0.1, 0.15) is 5.82 Å². The van der Waals surface area contributed by atoms with Crippen molar-refractivity contribution in [1.82, 2.24) is 15.3 Å². The second kappa shape index (κ2) is 3.82. The molecule has 0 amide bonds. The minimum Gasteiger partial charge on any atom is -0.340 e. The molecule has 4 N–H and O–H groups in total. The average Bonchev–Trinajstić information content (AvgIpc) is 2.95. The largest absolute Gasteiger partial charge is 0.340 e. The van der Waals surface area contributed by atoms with E-state index in [2.05, 4.69) is 23.3 Å². The number of para-hydroxylation sites is 1. The first-order valence-electron chi connectivity index (χ1n) is 6.16. The monoisotopic (exact) mass is 230 g/mol. The van der Waals surface area contributed by atoms with E-state index in [0.717, 1.165) is 35.4 Å². The van der Waals surface area contributed by atoms with E-state index < -0.39 is 0 Å². The summed E-state index contributed by atoms with van der Waals surface area (Å²) in [5, 5.41) is 3.52. The zero-order valence-electron chi connectivity index (χ0n) is 10.1. The lowest BCUT2D eigenvalue weighted by atomic mass is 10.00. The van der Waals surface area contributed by atoms with Gasteiger partial charge in [-0.15, -0.1) is 0 Å². The Morgan fingerprint density at radius 1 is 1.47 bits per heavy atom. The van der Waals surface area contributed by atoms with Crippen LogP contribution in [0, 0.1) is 0 Å². The summed E-state index contributed by atoms with van der Waals surface area (Å²) < 4.78 is 0. The standard InChI is InChI=1S/C13H18N4/c1-13(6-3-7-15-13)12-16-10-5-2-4-9(8-14)11(10)17-12/h2,4-5,15H,3,6-8,14H2,1H3,(H,16,17). The van der Waals surface area contributed by atoms with Crippen molar-refractivity contribution in [2.24, 2.45) is 5.73 Å². The minimum absolute atomic E-state index is 0.00904. The molecule has 1 saturated heterocycles. The fourth-order valence-corrected chi connectivity index (χ4v) is 2.61. The number of aromatic amines is 1.